The predicted octanol–water partition coefficient (Wildman–Crippen LogP) is 4.26. The Bertz CT molecular complexity index is 573. The molecule has 0 N–H and O–H groups in total. The summed E-state index contributed by atoms with van der Waals surface area (Å²) in [5, 5.41) is 0. The molecule has 0 spiro atoms. The second-order valence-corrected chi connectivity index (χ2v) is 6.20. The summed E-state index contributed by atoms with van der Waals surface area (Å²) in [4.78, 5) is 2.41. The molecular weight excluding hydrogens is 270 g/mol. The molecule has 0 bridgehead atoms. The van der Waals surface area contributed by atoms with Crippen LogP contribution in [0.4, 0.5) is 0 Å². The first-order valence-electron chi connectivity index (χ1n) is 8.19. The van der Waals surface area contributed by atoms with E-state index in [1.165, 1.54) is 37.1 Å². The highest BCUT2D eigenvalue weighted by molar-refractivity contribution is 5.64. The van der Waals surface area contributed by atoms with Gasteiger partial charge in [0.1, 0.15) is 5.75 Å². The number of benzene rings is 2. The van der Waals surface area contributed by atoms with Crippen LogP contribution in [-0.2, 0) is 0 Å². The average molecular weight is 294 g/mol. The SMILES string of the molecule is CN1CCC(CCOc2cccc(-c3c[c]ccc3)c2)CC1. The third-order valence-electron chi connectivity index (χ3n) is 4.51. The van der Waals surface area contributed by atoms with Crippen LogP contribution in [0.3, 0.4) is 0 Å². The van der Waals surface area contributed by atoms with Crippen molar-refractivity contribution in [1.29, 1.82) is 0 Å². The summed E-state index contributed by atoms with van der Waals surface area (Å²) in [7, 11) is 2.21. The zero-order valence-corrected chi connectivity index (χ0v) is 13.3. The maximum Gasteiger partial charge on any atom is 0.119 e. The van der Waals surface area contributed by atoms with Gasteiger partial charge in [-0.3, -0.25) is 0 Å². The van der Waals surface area contributed by atoms with Gasteiger partial charge in [0.05, 0.1) is 6.61 Å². The highest BCUT2D eigenvalue weighted by atomic mass is 16.5. The first-order valence-corrected chi connectivity index (χ1v) is 8.19. The topological polar surface area (TPSA) is 12.5 Å². The standard InChI is InChI=1S/C20H24NO/c1-21-13-10-17(11-14-21)12-15-22-20-9-5-8-19(16-20)18-6-3-2-4-7-18/h2-3,5-9,16-17H,10-15H2,1H3. The molecule has 3 rings (SSSR count). The van der Waals surface area contributed by atoms with Crippen molar-refractivity contribution in [3.8, 4) is 16.9 Å². The summed E-state index contributed by atoms with van der Waals surface area (Å²) in [6, 6.07) is 19.5. The van der Waals surface area contributed by atoms with Crippen molar-refractivity contribution in [1.82, 2.24) is 4.90 Å². The number of nitrogens with zero attached hydrogens (tertiary/aromatic N) is 1. The minimum atomic E-state index is 0.818. The van der Waals surface area contributed by atoms with Crippen LogP contribution < -0.4 is 4.74 Å². The van der Waals surface area contributed by atoms with Gasteiger partial charge in [-0.05, 0) is 80.7 Å². The Morgan fingerprint density at radius 3 is 2.73 bits per heavy atom. The lowest BCUT2D eigenvalue weighted by molar-refractivity contribution is 0.187. The molecule has 0 unspecified atom stereocenters. The van der Waals surface area contributed by atoms with E-state index >= 15 is 0 Å². The third-order valence-corrected chi connectivity index (χ3v) is 4.51. The predicted molar refractivity (Wildman–Crippen MR) is 91.0 cm³/mol. The molecule has 0 aromatic heterocycles. The number of hydrogen-bond acceptors (Lipinski definition) is 2. The van der Waals surface area contributed by atoms with Crippen LogP contribution in [-0.4, -0.2) is 31.6 Å². The van der Waals surface area contributed by atoms with Crippen molar-refractivity contribution in [3.05, 3.63) is 54.6 Å². The normalized spacial score (nSPS) is 16.6. The van der Waals surface area contributed by atoms with Crippen molar-refractivity contribution in [2.75, 3.05) is 26.7 Å². The van der Waals surface area contributed by atoms with Crippen molar-refractivity contribution < 1.29 is 4.74 Å². The van der Waals surface area contributed by atoms with Gasteiger partial charge in [-0.1, -0.05) is 30.3 Å². The first-order chi connectivity index (χ1) is 10.8. The quantitative estimate of drug-likeness (QED) is 0.817. The number of rotatable bonds is 5. The van der Waals surface area contributed by atoms with Crippen LogP contribution in [0.15, 0.2) is 48.5 Å². The fraction of sp³-hybridized carbons (Fsp3) is 0.400. The lowest BCUT2D eigenvalue weighted by Gasteiger charge is -2.28. The second kappa shape index (κ2) is 7.46. The molecular formula is C20H24NO. The molecule has 1 heterocycles. The van der Waals surface area contributed by atoms with Crippen molar-refractivity contribution in [2.24, 2.45) is 5.92 Å². The van der Waals surface area contributed by atoms with Crippen LogP contribution in [0.25, 0.3) is 11.1 Å². The maximum atomic E-state index is 5.97. The Balaban J connectivity index is 1.53. The largest absolute Gasteiger partial charge is 0.494 e. The number of ether oxygens (including phenoxy) is 1. The van der Waals surface area contributed by atoms with Crippen molar-refractivity contribution >= 4 is 0 Å². The minimum absolute atomic E-state index is 0.818. The summed E-state index contributed by atoms with van der Waals surface area (Å²) in [6.45, 7) is 3.27. The van der Waals surface area contributed by atoms with Crippen LogP contribution in [0, 0.1) is 12.0 Å². The van der Waals surface area contributed by atoms with Gasteiger partial charge in [-0.2, -0.15) is 0 Å². The van der Waals surface area contributed by atoms with Gasteiger partial charge in [0, 0.05) is 0 Å². The van der Waals surface area contributed by atoms with Gasteiger partial charge in [-0.15, -0.1) is 0 Å². The molecule has 2 heteroatoms. The van der Waals surface area contributed by atoms with E-state index in [2.05, 4.69) is 42.3 Å². The van der Waals surface area contributed by atoms with E-state index in [0.29, 0.717) is 0 Å². The number of hydrogen-bond donors (Lipinski definition) is 0. The smallest absolute Gasteiger partial charge is 0.119 e. The van der Waals surface area contributed by atoms with Crippen LogP contribution in [0.2, 0.25) is 0 Å². The molecule has 2 nitrogen and oxygen atoms in total. The van der Waals surface area contributed by atoms with Gasteiger partial charge in [0.2, 0.25) is 0 Å². The molecule has 2 aromatic rings. The Morgan fingerprint density at radius 2 is 1.95 bits per heavy atom. The van der Waals surface area contributed by atoms with E-state index in [0.717, 1.165) is 24.7 Å². The highest BCUT2D eigenvalue weighted by Gasteiger charge is 2.16. The minimum Gasteiger partial charge on any atom is -0.494 e. The molecule has 0 atom stereocenters. The third kappa shape index (κ3) is 4.11. The summed E-state index contributed by atoms with van der Waals surface area (Å²) in [5.74, 6) is 1.79. The molecule has 1 fully saturated rings. The molecule has 0 saturated carbocycles. The van der Waals surface area contributed by atoms with E-state index in [1.54, 1.807) is 0 Å². The Kier molecular flexibility index (Phi) is 5.12. The second-order valence-electron chi connectivity index (χ2n) is 6.20. The molecule has 0 aliphatic carbocycles. The molecule has 22 heavy (non-hydrogen) atoms. The molecule has 1 aliphatic heterocycles. The molecule has 2 aromatic carbocycles. The fourth-order valence-corrected chi connectivity index (χ4v) is 3.03. The Morgan fingerprint density at radius 1 is 1.14 bits per heavy atom. The van der Waals surface area contributed by atoms with Crippen LogP contribution in [0.1, 0.15) is 19.3 Å². The molecule has 1 aliphatic rings. The van der Waals surface area contributed by atoms with E-state index in [1.807, 2.05) is 24.3 Å². The maximum absolute atomic E-state index is 5.97. The summed E-state index contributed by atoms with van der Waals surface area (Å²) in [5.41, 5.74) is 2.37. The first kappa shape index (κ1) is 15.1. The lowest BCUT2D eigenvalue weighted by Crippen LogP contribution is -2.30. The van der Waals surface area contributed by atoms with E-state index in [4.69, 9.17) is 4.74 Å². The van der Waals surface area contributed by atoms with E-state index in [-0.39, 0.29) is 0 Å². The summed E-state index contributed by atoms with van der Waals surface area (Å²) in [6.07, 6.45) is 3.77. The van der Waals surface area contributed by atoms with Crippen molar-refractivity contribution in [2.45, 2.75) is 19.3 Å². The Hall–Kier alpha value is -1.80. The van der Waals surface area contributed by atoms with Gasteiger partial charge in [-0.25, -0.2) is 0 Å². The summed E-state index contributed by atoms with van der Waals surface area (Å²) < 4.78 is 5.97. The van der Waals surface area contributed by atoms with E-state index < -0.39 is 0 Å². The molecule has 115 valence electrons. The van der Waals surface area contributed by atoms with Gasteiger partial charge in [0.15, 0.2) is 0 Å². The lowest BCUT2D eigenvalue weighted by atomic mass is 9.94. The summed E-state index contributed by atoms with van der Waals surface area (Å²) >= 11 is 0. The monoisotopic (exact) mass is 294 g/mol. The average Bonchev–Trinajstić information content (AvgIpc) is 2.58. The van der Waals surface area contributed by atoms with Crippen molar-refractivity contribution in [3.63, 3.8) is 0 Å². The number of piperidine rings is 1. The molecule has 1 saturated heterocycles. The highest BCUT2D eigenvalue weighted by Crippen LogP contribution is 2.24. The van der Waals surface area contributed by atoms with Crippen LogP contribution in [0.5, 0.6) is 5.75 Å². The molecule has 1 radical (unpaired) electrons. The number of likely N-dealkylation sites (tertiary alicyclic amines) is 1. The van der Waals surface area contributed by atoms with Gasteiger partial charge < -0.3 is 9.64 Å². The Labute approximate surface area is 133 Å². The fourth-order valence-electron chi connectivity index (χ4n) is 3.03. The van der Waals surface area contributed by atoms with Gasteiger partial charge in [0.25, 0.3) is 0 Å². The zero-order chi connectivity index (χ0) is 15.2. The molecule has 0 amide bonds. The van der Waals surface area contributed by atoms with Gasteiger partial charge >= 0.3 is 0 Å². The van der Waals surface area contributed by atoms with E-state index in [9.17, 15) is 0 Å². The van der Waals surface area contributed by atoms with Crippen LogP contribution >= 0.6 is 0 Å². The zero-order valence-electron chi connectivity index (χ0n) is 13.3.